The van der Waals surface area contributed by atoms with Crippen LogP contribution in [0.1, 0.15) is 31.4 Å². The van der Waals surface area contributed by atoms with Crippen LogP contribution in [0, 0.1) is 6.92 Å². The summed E-state index contributed by atoms with van der Waals surface area (Å²) < 4.78 is 0. The fourth-order valence-corrected chi connectivity index (χ4v) is 1.99. The Kier molecular flexibility index (Phi) is 5.97. The van der Waals surface area contributed by atoms with E-state index in [-0.39, 0.29) is 18.4 Å². The molecule has 108 valence electrons. The van der Waals surface area contributed by atoms with Crippen molar-refractivity contribution in [3.8, 4) is 0 Å². The van der Waals surface area contributed by atoms with Crippen molar-refractivity contribution in [3.05, 3.63) is 41.5 Å². The highest BCUT2D eigenvalue weighted by atomic mass is 16.4. The summed E-state index contributed by atoms with van der Waals surface area (Å²) in [4.78, 5) is 24.3. The van der Waals surface area contributed by atoms with Gasteiger partial charge in [0.25, 0.3) is 0 Å². The van der Waals surface area contributed by atoms with E-state index in [0.29, 0.717) is 6.54 Å². The number of carbonyl (C=O) groups excluding carboxylic acids is 1. The van der Waals surface area contributed by atoms with Crippen molar-refractivity contribution in [2.45, 2.75) is 33.2 Å². The number of amides is 1. The van der Waals surface area contributed by atoms with Crippen molar-refractivity contribution in [3.63, 3.8) is 0 Å². The van der Waals surface area contributed by atoms with Crippen molar-refractivity contribution in [2.75, 3.05) is 6.54 Å². The molecule has 0 saturated heterocycles. The molecule has 0 aliphatic carbocycles. The Morgan fingerprint density at radius 1 is 1.30 bits per heavy atom. The van der Waals surface area contributed by atoms with Gasteiger partial charge in [0.05, 0.1) is 6.42 Å². The van der Waals surface area contributed by atoms with Gasteiger partial charge in [0.1, 0.15) is 0 Å². The third kappa shape index (κ3) is 4.88. The molecule has 0 aromatic heterocycles. The maximum Gasteiger partial charge on any atom is 0.305 e. The Hall–Kier alpha value is -2.10. The molecule has 1 atom stereocenters. The smallest absolute Gasteiger partial charge is 0.305 e. The molecule has 0 saturated carbocycles. The highest BCUT2D eigenvalue weighted by molar-refractivity contribution is 5.92. The molecule has 0 bridgehead atoms. The molecule has 1 rings (SSSR count). The molecule has 0 aliphatic heterocycles. The van der Waals surface area contributed by atoms with Crippen molar-refractivity contribution < 1.29 is 14.7 Å². The average Bonchev–Trinajstić information content (AvgIpc) is 2.38. The van der Waals surface area contributed by atoms with Crippen LogP contribution < -0.4 is 0 Å². The van der Waals surface area contributed by atoms with E-state index in [1.165, 1.54) is 11.6 Å². The van der Waals surface area contributed by atoms with Crippen LogP contribution in [0.25, 0.3) is 6.08 Å². The van der Waals surface area contributed by atoms with E-state index in [1.54, 1.807) is 17.9 Å². The second-order valence-corrected chi connectivity index (χ2v) is 4.82. The molecule has 1 N–H and O–H groups in total. The highest BCUT2D eigenvalue weighted by Gasteiger charge is 2.18. The number of aryl methyl sites for hydroxylation is 1. The Morgan fingerprint density at radius 2 is 1.90 bits per heavy atom. The molecule has 0 aliphatic rings. The van der Waals surface area contributed by atoms with Gasteiger partial charge in [0.15, 0.2) is 0 Å². The highest BCUT2D eigenvalue weighted by Crippen LogP contribution is 2.08. The number of hydrogen-bond donors (Lipinski definition) is 1. The van der Waals surface area contributed by atoms with Gasteiger partial charge < -0.3 is 10.0 Å². The van der Waals surface area contributed by atoms with Crippen LogP contribution in [0.2, 0.25) is 0 Å². The monoisotopic (exact) mass is 275 g/mol. The maximum absolute atomic E-state index is 12.1. The molecule has 1 amide bonds. The van der Waals surface area contributed by atoms with Gasteiger partial charge in [-0.05, 0) is 32.4 Å². The lowest BCUT2D eigenvalue weighted by molar-refractivity contribution is -0.139. The Balaban J connectivity index is 2.71. The topological polar surface area (TPSA) is 57.6 Å². The van der Waals surface area contributed by atoms with E-state index in [4.69, 9.17) is 5.11 Å². The molecular weight excluding hydrogens is 254 g/mol. The molecule has 4 heteroatoms. The minimum atomic E-state index is -0.897. The van der Waals surface area contributed by atoms with Crippen LogP contribution in [-0.2, 0) is 9.59 Å². The number of carboxylic acids is 1. The fraction of sp³-hybridized carbons (Fsp3) is 0.375. The van der Waals surface area contributed by atoms with Gasteiger partial charge >= 0.3 is 5.97 Å². The second kappa shape index (κ2) is 7.48. The molecular formula is C16H21NO3. The average molecular weight is 275 g/mol. The lowest BCUT2D eigenvalue weighted by Gasteiger charge is -2.25. The zero-order valence-corrected chi connectivity index (χ0v) is 12.2. The van der Waals surface area contributed by atoms with Crippen molar-refractivity contribution in [2.24, 2.45) is 0 Å². The number of likely N-dealkylation sites (N-methyl/N-ethyl adjacent to an activating group) is 1. The van der Waals surface area contributed by atoms with Crippen molar-refractivity contribution >= 4 is 18.0 Å². The van der Waals surface area contributed by atoms with E-state index in [0.717, 1.165) is 5.56 Å². The minimum absolute atomic E-state index is 0.0437. The van der Waals surface area contributed by atoms with Crippen molar-refractivity contribution in [1.82, 2.24) is 4.90 Å². The number of rotatable bonds is 6. The molecule has 0 heterocycles. The molecule has 0 spiro atoms. The van der Waals surface area contributed by atoms with Gasteiger partial charge in [-0.2, -0.15) is 0 Å². The normalized spacial score (nSPS) is 12.3. The van der Waals surface area contributed by atoms with Gasteiger partial charge in [-0.1, -0.05) is 29.8 Å². The molecule has 1 aromatic rings. The zero-order chi connectivity index (χ0) is 15.1. The van der Waals surface area contributed by atoms with Gasteiger partial charge in [-0.25, -0.2) is 0 Å². The zero-order valence-electron chi connectivity index (χ0n) is 12.2. The lowest BCUT2D eigenvalue weighted by atomic mass is 10.1. The standard InChI is InChI=1S/C16H21NO3/c1-4-17(13(3)11-16(19)20)15(18)10-9-14-7-5-12(2)6-8-14/h5-10,13H,4,11H2,1-3H3,(H,19,20). The summed E-state index contributed by atoms with van der Waals surface area (Å²) in [6, 6.07) is 7.53. The number of carboxylic acid groups (broad SMARTS) is 1. The maximum atomic E-state index is 12.1. The van der Waals surface area contributed by atoms with Crippen LogP contribution >= 0.6 is 0 Å². The quantitative estimate of drug-likeness (QED) is 0.812. The van der Waals surface area contributed by atoms with Crippen LogP contribution in [-0.4, -0.2) is 34.5 Å². The van der Waals surface area contributed by atoms with Crippen LogP contribution in [0.3, 0.4) is 0 Å². The molecule has 20 heavy (non-hydrogen) atoms. The number of carbonyl (C=O) groups is 2. The second-order valence-electron chi connectivity index (χ2n) is 4.82. The summed E-state index contributed by atoms with van der Waals surface area (Å²) in [5.41, 5.74) is 2.12. The van der Waals surface area contributed by atoms with Gasteiger partial charge in [0, 0.05) is 18.7 Å². The molecule has 1 aromatic carbocycles. The number of hydrogen-bond acceptors (Lipinski definition) is 2. The first kappa shape index (κ1) is 16.0. The summed E-state index contributed by atoms with van der Waals surface area (Å²) >= 11 is 0. The summed E-state index contributed by atoms with van der Waals surface area (Å²) in [5, 5.41) is 8.79. The van der Waals surface area contributed by atoms with E-state index < -0.39 is 5.97 Å². The lowest BCUT2D eigenvalue weighted by Crippen LogP contribution is -2.38. The van der Waals surface area contributed by atoms with Crippen LogP contribution in [0.5, 0.6) is 0 Å². The Morgan fingerprint density at radius 3 is 2.40 bits per heavy atom. The summed E-state index contributed by atoms with van der Waals surface area (Å²) in [6.07, 6.45) is 3.20. The predicted molar refractivity (Wildman–Crippen MR) is 79.3 cm³/mol. The number of nitrogens with zero attached hydrogens (tertiary/aromatic N) is 1. The largest absolute Gasteiger partial charge is 0.481 e. The third-order valence-electron chi connectivity index (χ3n) is 3.12. The van der Waals surface area contributed by atoms with Gasteiger partial charge in [-0.15, -0.1) is 0 Å². The Labute approximate surface area is 119 Å². The third-order valence-corrected chi connectivity index (χ3v) is 3.12. The predicted octanol–water partition coefficient (Wildman–Crippen LogP) is 2.72. The molecule has 0 radical (unpaired) electrons. The fourth-order valence-electron chi connectivity index (χ4n) is 1.99. The van der Waals surface area contributed by atoms with E-state index in [1.807, 2.05) is 38.1 Å². The first-order valence-corrected chi connectivity index (χ1v) is 6.71. The van der Waals surface area contributed by atoms with Gasteiger partial charge in [-0.3, -0.25) is 9.59 Å². The summed E-state index contributed by atoms with van der Waals surface area (Å²) in [6.45, 7) is 6.09. The summed E-state index contributed by atoms with van der Waals surface area (Å²) in [7, 11) is 0. The van der Waals surface area contributed by atoms with E-state index in [2.05, 4.69) is 0 Å². The first-order chi connectivity index (χ1) is 9.43. The number of benzene rings is 1. The number of aliphatic carboxylic acids is 1. The minimum Gasteiger partial charge on any atom is -0.481 e. The molecule has 4 nitrogen and oxygen atoms in total. The SMILES string of the molecule is CCN(C(=O)C=Cc1ccc(C)cc1)C(C)CC(=O)O. The van der Waals surface area contributed by atoms with Crippen molar-refractivity contribution in [1.29, 1.82) is 0 Å². The van der Waals surface area contributed by atoms with E-state index in [9.17, 15) is 9.59 Å². The Bertz CT molecular complexity index is 491. The van der Waals surface area contributed by atoms with Crippen LogP contribution in [0.15, 0.2) is 30.3 Å². The van der Waals surface area contributed by atoms with Crippen LogP contribution in [0.4, 0.5) is 0 Å². The molecule has 0 fully saturated rings. The van der Waals surface area contributed by atoms with E-state index >= 15 is 0 Å². The summed E-state index contributed by atoms with van der Waals surface area (Å²) in [5.74, 6) is -1.06. The van der Waals surface area contributed by atoms with Gasteiger partial charge in [0.2, 0.25) is 5.91 Å². The first-order valence-electron chi connectivity index (χ1n) is 6.71. The molecule has 1 unspecified atom stereocenters.